The van der Waals surface area contributed by atoms with Gasteiger partial charge in [-0.15, -0.1) is 0 Å². The fourth-order valence-electron chi connectivity index (χ4n) is 0.724. The van der Waals surface area contributed by atoms with Crippen LogP contribution >= 0.6 is 0 Å². The van der Waals surface area contributed by atoms with Crippen molar-refractivity contribution < 1.29 is 0 Å². The minimum absolute atomic E-state index is 0.332. The molecule has 6 heteroatoms. The zero-order chi connectivity index (χ0) is 9.14. The Kier molecular flexibility index (Phi) is 2.27. The molecule has 0 aliphatic carbocycles. The van der Waals surface area contributed by atoms with E-state index in [-0.39, 0.29) is 5.69 Å². The van der Waals surface area contributed by atoms with Crippen LogP contribution in [0.1, 0.15) is 0 Å². The third kappa shape index (κ3) is 1.52. The third-order valence-electron chi connectivity index (χ3n) is 1.34. The van der Waals surface area contributed by atoms with Gasteiger partial charge in [0.05, 0.1) is 0 Å². The molecule has 6 nitrogen and oxygen atoms in total. The van der Waals surface area contributed by atoms with Gasteiger partial charge >= 0.3 is 5.69 Å². The molecule has 0 atom stereocenters. The van der Waals surface area contributed by atoms with Crippen LogP contribution in [0.4, 0.5) is 5.95 Å². The molecule has 1 rings (SSSR count). The number of nitrogens with zero attached hydrogens (tertiary/aromatic N) is 4. The summed E-state index contributed by atoms with van der Waals surface area (Å²) < 4.78 is 1.31. The highest BCUT2D eigenvalue weighted by molar-refractivity contribution is 5.18. The summed E-state index contributed by atoms with van der Waals surface area (Å²) in [7, 11) is 5.14. The summed E-state index contributed by atoms with van der Waals surface area (Å²) in [5.74, 6) is 0.332. The SMILES string of the molecule is CNc1ncn(N(C)C)c(=O)n1. The predicted octanol–water partition coefficient (Wildman–Crippen LogP) is -1.12. The summed E-state index contributed by atoms with van der Waals surface area (Å²) in [6, 6.07) is 0. The van der Waals surface area contributed by atoms with Crippen LogP contribution in [-0.2, 0) is 0 Å². The molecule has 66 valence electrons. The second kappa shape index (κ2) is 3.21. The van der Waals surface area contributed by atoms with E-state index in [1.807, 2.05) is 0 Å². The molecule has 1 N–H and O–H groups in total. The lowest BCUT2D eigenvalue weighted by atomic mass is 10.9. The molecule has 1 aromatic heterocycles. The van der Waals surface area contributed by atoms with Crippen LogP contribution in [0.3, 0.4) is 0 Å². The van der Waals surface area contributed by atoms with Crippen molar-refractivity contribution in [1.29, 1.82) is 0 Å². The average molecular weight is 169 g/mol. The van der Waals surface area contributed by atoms with Crippen molar-refractivity contribution in [2.75, 3.05) is 31.5 Å². The summed E-state index contributed by atoms with van der Waals surface area (Å²) in [5.41, 5.74) is -0.348. The molecule has 0 spiro atoms. The van der Waals surface area contributed by atoms with E-state index in [2.05, 4.69) is 15.3 Å². The van der Waals surface area contributed by atoms with Gasteiger partial charge in [0.1, 0.15) is 6.33 Å². The minimum atomic E-state index is -0.348. The summed E-state index contributed by atoms with van der Waals surface area (Å²) >= 11 is 0. The van der Waals surface area contributed by atoms with Crippen molar-refractivity contribution in [2.24, 2.45) is 0 Å². The first-order valence-electron chi connectivity index (χ1n) is 3.46. The molecule has 0 fully saturated rings. The molecule has 0 saturated heterocycles. The fourth-order valence-corrected chi connectivity index (χ4v) is 0.724. The Labute approximate surface area is 69.8 Å². The van der Waals surface area contributed by atoms with Gasteiger partial charge in [0, 0.05) is 21.1 Å². The highest BCUT2D eigenvalue weighted by Crippen LogP contribution is 1.86. The number of hydrogen-bond acceptors (Lipinski definition) is 5. The lowest BCUT2D eigenvalue weighted by Crippen LogP contribution is -2.37. The highest BCUT2D eigenvalue weighted by atomic mass is 16.2. The van der Waals surface area contributed by atoms with Crippen LogP contribution in [0.15, 0.2) is 11.1 Å². The van der Waals surface area contributed by atoms with Gasteiger partial charge in [-0.2, -0.15) is 9.66 Å². The standard InChI is InChI=1S/C6H11N5O/c1-7-5-8-4-11(10(2)3)6(12)9-5/h4H,1-3H3,(H,7,9,12). The van der Waals surface area contributed by atoms with Crippen LogP contribution < -0.4 is 16.0 Å². The van der Waals surface area contributed by atoms with Crippen molar-refractivity contribution in [3.05, 3.63) is 16.8 Å². The Morgan fingerprint density at radius 2 is 2.25 bits per heavy atom. The summed E-state index contributed by atoms with van der Waals surface area (Å²) in [5, 5.41) is 4.28. The Hall–Kier alpha value is -1.59. The zero-order valence-electron chi connectivity index (χ0n) is 7.27. The number of anilines is 1. The van der Waals surface area contributed by atoms with Crippen molar-refractivity contribution in [2.45, 2.75) is 0 Å². The van der Waals surface area contributed by atoms with Crippen LogP contribution in [-0.4, -0.2) is 35.8 Å². The Bertz CT molecular complexity index is 318. The van der Waals surface area contributed by atoms with E-state index in [1.165, 1.54) is 11.0 Å². The van der Waals surface area contributed by atoms with Gasteiger partial charge in [-0.25, -0.2) is 9.78 Å². The van der Waals surface area contributed by atoms with E-state index < -0.39 is 0 Å². The quantitative estimate of drug-likeness (QED) is 0.607. The number of nitrogens with one attached hydrogen (secondary N) is 1. The lowest BCUT2D eigenvalue weighted by Gasteiger charge is -2.13. The molecule has 0 saturated carbocycles. The Balaban J connectivity index is 3.12. The normalized spacial score (nSPS) is 9.58. The van der Waals surface area contributed by atoms with E-state index in [0.29, 0.717) is 5.95 Å². The fraction of sp³-hybridized carbons (Fsp3) is 0.500. The van der Waals surface area contributed by atoms with Crippen LogP contribution in [0.25, 0.3) is 0 Å². The molecule has 12 heavy (non-hydrogen) atoms. The van der Waals surface area contributed by atoms with E-state index >= 15 is 0 Å². The number of rotatable bonds is 2. The topological polar surface area (TPSA) is 63.1 Å². The smallest absolute Gasteiger partial charge is 0.357 e. The van der Waals surface area contributed by atoms with Crippen molar-refractivity contribution in [3.63, 3.8) is 0 Å². The number of aromatic nitrogens is 3. The molecule has 0 aliphatic rings. The van der Waals surface area contributed by atoms with Gasteiger partial charge in [-0.1, -0.05) is 0 Å². The van der Waals surface area contributed by atoms with Crippen LogP contribution in [0.5, 0.6) is 0 Å². The molecule has 0 amide bonds. The van der Waals surface area contributed by atoms with Crippen LogP contribution in [0, 0.1) is 0 Å². The molecule has 1 aromatic rings. The van der Waals surface area contributed by atoms with Gasteiger partial charge in [0.15, 0.2) is 0 Å². The van der Waals surface area contributed by atoms with Gasteiger partial charge < -0.3 is 10.3 Å². The van der Waals surface area contributed by atoms with E-state index in [4.69, 9.17) is 0 Å². The molecule has 0 aliphatic heterocycles. The Morgan fingerprint density at radius 1 is 1.58 bits per heavy atom. The molecule has 0 radical (unpaired) electrons. The molecule has 0 bridgehead atoms. The van der Waals surface area contributed by atoms with E-state index in [0.717, 1.165) is 0 Å². The summed E-state index contributed by atoms with van der Waals surface area (Å²) in [6.07, 6.45) is 1.42. The van der Waals surface area contributed by atoms with E-state index in [1.54, 1.807) is 26.2 Å². The minimum Gasteiger partial charge on any atom is -0.357 e. The largest absolute Gasteiger partial charge is 0.370 e. The second-order valence-electron chi connectivity index (χ2n) is 2.40. The second-order valence-corrected chi connectivity index (χ2v) is 2.40. The number of hydrogen-bond donors (Lipinski definition) is 1. The van der Waals surface area contributed by atoms with Gasteiger partial charge in [-0.3, -0.25) is 0 Å². The first-order chi connectivity index (χ1) is 5.65. The Morgan fingerprint density at radius 3 is 2.67 bits per heavy atom. The first-order valence-corrected chi connectivity index (χ1v) is 3.46. The molecule has 0 aromatic carbocycles. The van der Waals surface area contributed by atoms with Crippen molar-refractivity contribution >= 4 is 5.95 Å². The zero-order valence-corrected chi connectivity index (χ0v) is 7.27. The third-order valence-corrected chi connectivity index (χ3v) is 1.34. The van der Waals surface area contributed by atoms with Gasteiger partial charge in [0.2, 0.25) is 5.95 Å². The monoisotopic (exact) mass is 169 g/mol. The maximum atomic E-state index is 11.2. The molecule has 1 heterocycles. The average Bonchev–Trinajstić information content (AvgIpc) is 2.03. The van der Waals surface area contributed by atoms with Crippen molar-refractivity contribution in [3.8, 4) is 0 Å². The van der Waals surface area contributed by atoms with E-state index in [9.17, 15) is 4.79 Å². The molecular formula is C6H11N5O. The lowest BCUT2D eigenvalue weighted by molar-refractivity contribution is 0.657. The summed E-state index contributed by atoms with van der Waals surface area (Å²) in [4.78, 5) is 18.7. The maximum absolute atomic E-state index is 11.2. The van der Waals surface area contributed by atoms with Crippen LogP contribution in [0.2, 0.25) is 0 Å². The molecule has 0 unspecified atom stereocenters. The summed E-state index contributed by atoms with van der Waals surface area (Å²) in [6.45, 7) is 0. The van der Waals surface area contributed by atoms with Gasteiger partial charge in [-0.05, 0) is 0 Å². The molecular weight excluding hydrogens is 158 g/mol. The predicted molar refractivity (Wildman–Crippen MR) is 45.9 cm³/mol. The first kappa shape index (κ1) is 8.51. The maximum Gasteiger partial charge on any atom is 0.370 e. The highest BCUT2D eigenvalue weighted by Gasteiger charge is 1.99. The van der Waals surface area contributed by atoms with Crippen molar-refractivity contribution in [1.82, 2.24) is 14.6 Å². The van der Waals surface area contributed by atoms with Gasteiger partial charge in [0.25, 0.3) is 0 Å².